The molecular formula is C13H18Cl2N2S. The van der Waals surface area contributed by atoms with E-state index in [4.69, 9.17) is 23.2 Å². The number of nitrogens with zero attached hydrogens (tertiary/aromatic N) is 1. The van der Waals surface area contributed by atoms with Crippen LogP contribution >= 0.6 is 34.5 Å². The summed E-state index contributed by atoms with van der Waals surface area (Å²) in [5, 5.41) is 6.50. The lowest BCUT2D eigenvalue weighted by molar-refractivity contribution is 0.166. The van der Waals surface area contributed by atoms with Crippen molar-refractivity contribution in [3.05, 3.63) is 20.3 Å². The van der Waals surface area contributed by atoms with Gasteiger partial charge in [0.2, 0.25) is 0 Å². The van der Waals surface area contributed by atoms with Gasteiger partial charge in [0.05, 0.1) is 5.02 Å². The molecule has 1 aromatic rings. The van der Waals surface area contributed by atoms with Crippen LogP contribution in [0.4, 0.5) is 0 Å². The van der Waals surface area contributed by atoms with E-state index >= 15 is 0 Å². The molecule has 3 rings (SSSR count). The third kappa shape index (κ3) is 2.56. The molecule has 2 saturated heterocycles. The highest BCUT2D eigenvalue weighted by Gasteiger charge is 2.35. The summed E-state index contributed by atoms with van der Waals surface area (Å²) < 4.78 is 0.713. The average molecular weight is 305 g/mol. The summed E-state index contributed by atoms with van der Waals surface area (Å²) in [5.41, 5.74) is 1.17. The van der Waals surface area contributed by atoms with Crippen molar-refractivity contribution in [2.24, 2.45) is 0 Å². The van der Waals surface area contributed by atoms with E-state index in [1.54, 1.807) is 0 Å². The Kier molecular flexibility index (Phi) is 3.88. The lowest BCUT2D eigenvalue weighted by atomic mass is 9.98. The van der Waals surface area contributed by atoms with Crippen LogP contribution in [0.3, 0.4) is 0 Å². The Bertz CT molecular complexity index is 423. The Morgan fingerprint density at radius 3 is 2.56 bits per heavy atom. The van der Waals surface area contributed by atoms with Crippen molar-refractivity contribution in [1.82, 2.24) is 10.2 Å². The van der Waals surface area contributed by atoms with E-state index in [0.717, 1.165) is 23.7 Å². The SMILES string of the molecule is CN(Cc1csc(Cl)c1Cl)C1CC2CCC(C1)N2. The smallest absolute Gasteiger partial charge is 0.112 e. The molecule has 2 aliphatic heterocycles. The van der Waals surface area contributed by atoms with E-state index in [9.17, 15) is 0 Å². The molecule has 1 aromatic heterocycles. The minimum Gasteiger partial charge on any atom is -0.311 e. The Morgan fingerprint density at radius 1 is 1.33 bits per heavy atom. The minimum atomic E-state index is 0.679. The molecule has 2 aliphatic rings. The predicted octanol–water partition coefficient (Wildman–Crippen LogP) is 3.77. The molecule has 5 heteroatoms. The van der Waals surface area contributed by atoms with Crippen molar-refractivity contribution in [2.45, 2.75) is 50.4 Å². The first kappa shape index (κ1) is 13.2. The third-order valence-electron chi connectivity index (χ3n) is 4.25. The van der Waals surface area contributed by atoms with Crippen LogP contribution < -0.4 is 5.32 Å². The van der Waals surface area contributed by atoms with Gasteiger partial charge in [-0.15, -0.1) is 11.3 Å². The highest BCUT2D eigenvalue weighted by Crippen LogP contribution is 2.35. The summed E-state index contributed by atoms with van der Waals surface area (Å²) in [6.45, 7) is 0.909. The molecule has 1 N–H and O–H groups in total. The highest BCUT2D eigenvalue weighted by molar-refractivity contribution is 7.15. The van der Waals surface area contributed by atoms with E-state index < -0.39 is 0 Å². The van der Waals surface area contributed by atoms with E-state index in [-0.39, 0.29) is 0 Å². The number of halogens is 2. The van der Waals surface area contributed by atoms with E-state index in [1.807, 2.05) is 0 Å². The van der Waals surface area contributed by atoms with Crippen LogP contribution in [-0.2, 0) is 6.54 Å². The maximum atomic E-state index is 6.20. The normalized spacial score (nSPS) is 31.2. The van der Waals surface area contributed by atoms with E-state index in [1.165, 1.54) is 42.6 Å². The van der Waals surface area contributed by atoms with Gasteiger partial charge in [-0.1, -0.05) is 23.2 Å². The quantitative estimate of drug-likeness (QED) is 0.914. The molecule has 2 unspecified atom stereocenters. The van der Waals surface area contributed by atoms with E-state index in [0.29, 0.717) is 10.4 Å². The van der Waals surface area contributed by atoms with Gasteiger partial charge in [-0.3, -0.25) is 4.90 Å². The van der Waals surface area contributed by atoms with Crippen molar-refractivity contribution < 1.29 is 0 Å². The molecular weight excluding hydrogens is 287 g/mol. The largest absolute Gasteiger partial charge is 0.311 e. The third-order valence-corrected chi connectivity index (χ3v) is 6.16. The van der Waals surface area contributed by atoms with Crippen LogP contribution in [0.1, 0.15) is 31.2 Å². The van der Waals surface area contributed by atoms with Gasteiger partial charge < -0.3 is 5.32 Å². The lowest BCUT2D eigenvalue weighted by Gasteiger charge is -2.35. The average Bonchev–Trinajstić information content (AvgIpc) is 2.85. The first-order valence-electron chi connectivity index (χ1n) is 6.51. The fourth-order valence-corrected chi connectivity index (χ4v) is 4.48. The van der Waals surface area contributed by atoms with Gasteiger partial charge in [0.15, 0.2) is 0 Å². The molecule has 0 saturated carbocycles. The highest BCUT2D eigenvalue weighted by atomic mass is 35.5. The lowest BCUT2D eigenvalue weighted by Crippen LogP contribution is -2.46. The molecule has 3 heterocycles. The summed E-state index contributed by atoms with van der Waals surface area (Å²) in [6, 6.07) is 2.15. The molecule has 100 valence electrons. The molecule has 2 nitrogen and oxygen atoms in total. The monoisotopic (exact) mass is 304 g/mol. The second-order valence-electron chi connectivity index (χ2n) is 5.53. The van der Waals surface area contributed by atoms with Crippen molar-refractivity contribution >= 4 is 34.5 Å². The van der Waals surface area contributed by atoms with Crippen LogP contribution in [0.25, 0.3) is 0 Å². The van der Waals surface area contributed by atoms with Crippen LogP contribution in [0.2, 0.25) is 9.36 Å². The zero-order valence-corrected chi connectivity index (χ0v) is 12.8. The van der Waals surface area contributed by atoms with Gasteiger partial charge in [0.1, 0.15) is 4.34 Å². The van der Waals surface area contributed by atoms with E-state index in [2.05, 4.69) is 22.6 Å². The van der Waals surface area contributed by atoms with Gasteiger partial charge in [0.25, 0.3) is 0 Å². The molecule has 0 amide bonds. The topological polar surface area (TPSA) is 15.3 Å². The minimum absolute atomic E-state index is 0.679. The standard InChI is InChI=1S/C13H18Cl2N2S/c1-17(6-8-7-18-13(15)12(8)14)11-4-9-2-3-10(5-11)16-9/h7,9-11,16H,2-6H2,1H3. The van der Waals surface area contributed by atoms with Gasteiger partial charge in [0, 0.05) is 24.7 Å². The second kappa shape index (κ2) is 5.29. The summed E-state index contributed by atoms with van der Waals surface area (Å²) in [7, 11) is 2.21. The number of thiophene rings is 1. The van der Waals surface area contributed by atoms with Crippen LogP contribution in [0.5, 0.6) is 0 Å². The first-order valence-corrected chi connectivity index (χ1v) is 8.14. The van der Waals surface area contributed by atoms with Crippen LogP contribution in [-0.4, -0.2) is 30.1 Å². The zero-order valence-electron chi connectivity index (χ0n) is 10.5. The summed E-state index contributed by atoms with van der Waals surface area (Å²) in [5.74, 6) is 0. The van der Waals surface area contributed by atoms with Crippen LogP contribution in [0, 0.1) is 0 Å². The van der Waals surface area contributed by atoms with Gasteiger partial charge >= 0.3 is 0 Å². The number of hydrogen-bond acceptors (Lipinski definition) is 3. The number of rotatable bonds is 3. The molecule has 0 radical (unpaired) electrons. The number of nitrogens with one attached hydrogen (secondary N) is 1. The molecule has 0 aliphatic carbocycles. The molecule has 0 aromatic carbocycles. The molecule has 0 spiro atoms. The molecule has 2 bridgehead atoms. The predicted molar refractivity (Wildman–Crippen MR) is 78.8 cm³/mol. The maximum Gasteiger partial charge on any atom is 0.112 e. The Labute approximate surface area is 122 Å². The molecule has 2 fully saturated rings. The van der Waals surface area contributed by atoms with Gasteiger partial charge in [-0.2, -0.15) is 0 Å². The van der Waals surface area contributed by atoms with Crippen molar-refractivity contribution in [2.75, 3.05) is 7.05 Å². The van der Waals surface area contributed by atoms with Gasteiger partial charge in [-0.25, -0.2) is 0 Å². The Hall–Kier alpha value is 0.200. The van der Waals surface area contributed by atoms with Gasteiger partial charge in [-0.05, 0) is 43.7 Å². The molecule has 2 atom stereocenters. The molecule has 18 heavy (non-hydrogen) atoms. The van der Waals surface area contributed by atoms with Crippen molar-refractivity contribution in [3.8, 4) is 0 Å². The summed E-state index contributed by atoms with van der Waals surface area (Å²) in [4.78, 5) is 2.44. The number of piperidine rings is 1. The second-order valence-corrected chi connectivity index (χ2v) is 7.39. The Morgan fingerprint density at radius 2 is 2.00 bits per heavy atom. The summed E-state index contributed by atoms with van der Waals surface area (Å²) >= 11 is 13.7. The first-order chi connectivity index (χ1) is 8.63. The zero-order chi connectivity index (χ0) is 12.7. The van der Waals surface area contributed by atoms with Crippen LogP contribution in [0.15, 0.2) is 5.38 Å². The number of fused-ring (bicyclic) bond motifs is 2. The van der Waals surface area contributed by atoms with Crippen molar-refractivity contribution in [1.29, 1.82) is 0 Å². The number of hydrogen-bond donors (Lipinski definition) is 1. The Balaban J connectivity index is 1.64. The fraction of sp³-hybridized carbons (Fsp3) is 0.692. The summed E-state index contributed by atoms with van der Waals surface area (Å²) in [6.07, 6.45) is 5.23. The fourth-order valence-electron chi connectivity index (χ4n) is 3.24. The maximum absolute atomic E-state index is 6.20. The van der Waals surface area contributed by atoms with Crippen molar-refractivity contribution in [3.63, 3.8) is 0 Å².